The van der Waals surface area contributed by atoms with Gasteiger partial charge >= 0.3 is 12.1 Å². The van der Waals surface area contributed by atoms with Gasteiger partial charge in [0.2, 0.25) is 0 Å². The van der Waals surface area contributed by atoms with Crippen molar-refractivity contribution in [3.8, 4) is 0 Å². The molecule has 1 aliphatic carbocycles. The van der Waals surface area contributed by atoms with E-state index in [0.29, 0.717) is 18.8 Å². The Bertz CT molecular complexity index is 357. The normalized spacial score (nSPS) is 18.8. The molecule has 0 heterocycles. The number of ether oxygens (including phenoxy) is 1. The molecule has 0 aliphatic heterocycles. The lowest BCUT2D eigenvalue weighted by molar-refractivity contribution is -0.150. The lowest BCUT2D eigenvalue weighted by Gasteiger charge is -2.36. The van der Waals surface area contributed by atoms with Gasteiger partial charge < -0.3 is 15.2 Å². The topological polar surface area (TPSA) is 75.6 Å². The number of aliphatic carboxylic acids is 1. The summed E-state index contributed by atoms with van der Waals surface area (Å²) in [5.41, 5.74) is -1.45. The zero-order valence-corrected chi connectivity index (χ0v) is 13.0. The highest BCUT2D eigenvalue weighted by Crippen LogP contribution is 2.39. The van der Waals surface area contributed by atoms with Crippen molar-refractivity contribution in [2.45, 2.75) is 65.4 Å². The largest absolute Gasteiger partial charge is 0.481 e. The number of carboxylic acid groups (broad SMARTS) is 1. The van der Waals surface area contributed by atoms with Crippen LogP contribution in [0, 0.1) is 11.3 Å². The first-order valence-corrected chi connectivity index (χ1v) is 7.39. The first-order valence-electron chi connectivity index (χ1n) is 7.39. The van der Waals surface area contributed by atoms with E-state index < -0.39 is 23.1 Å². The molecule has 1 saturated carbocycles. The number of amides is 1. The molecule has 0 saturated heterocycles. The van der Waals surface area contributed by atoms with Crippen molar-refractivity contribution in [2.24, 2.45) is 11.3 Å². The molecule has 116 valence electrons. The average Bonchev–Trinajstić information content (AvgIpc) is 2.24. The predicted octanol–water partition coefficient (Wildman–Crippen LogP) is 3.18. The van der Waals surface area contributed by atoms with Crippen LogP contribution in [0.2, 0.25) is 0 Å². The number of rotatable bonds is 6. The molecule has 1 atom stereocenters. The SMILES string of the molecule is CCC(CNC(=O)OC(C)(C)C)(CC1CCC1)C(=O)O. The molecular formula is C15H27NO4. The molecule has 1 aliphatic rings. The Morgan fingerprint density at radius 3 is 2.25 bits per heavy atom. The minimum absolute atomic E-state index is 0.129. The molecule has 0 radical (unpaired) electrons. The summed E-state index contributed by atoms with van der Waals surface area (Å²) in [5, 5.41) is 12.2. The van der Waals surface area contributed by atoms with Crippen molar-refractivity contribution in [1.29, 1.82) is 0 Å². The average molecular weight is 285 g/mol. The second-order valence-electron chi connectivity index (χ2n) is 6.80. The van der Waals surface area contributed by atoms with Crippen molar-refractivity contribution >= 4 is 12.1 Å². The number of carbonyl (C=O) groups excluding carboxylic acids is 1. The maximum Gasteiger partial charge on any atom is 0.407 e. The van der Waals surface area contributed by atoms with E-state index in [-0.39, 0.29) is 6.54 Å². The molecule has 5 nitrogen and oxygen atoms in total. The van der Waals surface area contributed by atoms with Crippen LogP contribution in [0.5, 0.6) is 0 Å². The van der Waals surface area contributed by atoms with Crippen LogP contribution in [-0.2, 0) is 9.53 Å². The van der Waals surface area contributed by atoms with Crippen LogP contribution < -0.4 is 5.32 Å². The summed E-state index contributed by atoms with van der Waals surface area (Å²) in [6.45, 7) is 7.34. The molecule has 0 aromatic carbocycles. The monoisotopic (exact) mass is 285 g/mol. The molecule has 2 N–H and O–H groups in total. The minimum Gasteiger partial charge on any atom is -0.481 e. The highest BCUT2D eigenvalue weighted by atomic mass is 16.6. The van der Waals surface area contributed by atoms with Gasteiger partial charge in [-0.2, -0.15) is 0 Å². The fraction of sp³-hybridized carbons (Fsp3) is 0.867. The van der Waals surface area contributed by atoms with E-state index in [0.717, 1.165) is 12.8 Å². The Labute approximate surface area is 121 Å². The molecule has 20 heavy (non-hydrogen) atoms. The van der Waals surface area contributed by atoms with E-state index in [1.165, 1.54) is 6.42 Å². The fourth-order valence-corrected chi connectivity index (χ4v) is 2.46. The van der Waals surface area contributed by atoms with Crippen molar-refractivity contribution in [3.63, 3.8) is 0 Å². The lowest BCUT2D eigenvalue weighted by atomic mass is 9.70. The second kappa shape index (κ2) is 6.46. The minimum atomic E-state index is -0.873. The Morgan fingerprint density at radius 2 is 1.90 bits per heavy atom. The standard InChI is InChI=1S/C15H27NO4/c1-5-15(12(17)18,9-11-7-6-8-11)10-16-13(19)20-14(2,3)4/h11H,5-10H2,1-4H3,(H,16,19)(H,17,18). The molecular weight excluding hydrogens is 258 g/mol. The van der Waals surface area contributed by atoms with E-state index >= 15 is 0 Å². The van der Waals surface area contributed by atoms with Crippen molar-refractivity contribution in [3.05, 3.63) is 0 Å². The molecule has 1 amide bonds. The Hall–Kier alpha value is -1.26. The molecule has 0 aromatic heterocycles. The van der Waals surface area contributed by atoms with Gasteiger partial charge in [0, 0.05) is 6.54 Å². The van der Waals surface area contributed by atoms with E-state index in [4.69, 9.17) is 4.74 Å². The van der Waals surface area contributed by atoms with Gasteiger partial charge in [0.15, 0.2) is 0 Å². The summed E-state index contributed by atoms with van der Waals surface area (Å²) in [5.74, 6) is -0.352. The lowest BCUT2D eigenvalue weighted by Crippen LogP contribution is -2.45. The molecule has 1 fully saturated rings. The number of alkyl carbamates (subject to hydrolysis) is 1. The van der Waals surface area contributed by atoms with Crippen molar-refractivity contribution < 1.29 is 19.4 Å². The van der Waals surface area contributed by atoms with Gasteiger partial charge in [-0.3, -0.25) is 4.79 Å². The number of hydrogen-bond acceptors (Lipinski definition) is 3. The third kappa shape index (κ3) is 4.69. The number of carbonyl (C=O) groups is 2. The van der Waals surface area contributed by atoms with E-state index in [1.54, 1.807) is 20.8 Å². The molecule has 0 aromatic rings. The van der Waals surface area contributed by atoms with E-state index in [2.05, 4.69) is 5.32 Å². The van der Waals surface area contributed by atoms with Crippen LogP contribution in [-0.4, -0.2) is 29.3 Å². The predicted molar refractivity (Wildman–Crippen MR) is 76.6 cm³/mol. The fourth-order valence-electron chi connectivity index (χ4n) is 2.46. The maximum absolute atomic E-state index is 11.7. The number of hydrogen-bond donors (Lipinski definition) is 2. The van der Waals surface area contributed by atoms with Gasteiger partial charge in [-0.05, 0) is 39.5 Å². The van der Waals surface area contributed by atoms with Crippen LogP contribution in [0.15, 0.2) is 0 Å². The Morgan fingerprint density at radius 1 is 1.30 bits per heavy atom. The van der Waals surface area contributed by atoms with Crippen LogP contribution in [0.3, 0.4) is 0 Å². The molecule has 5 heteroatoms. The van der Waals surface area contributed by atoms with Gasteiger partial charge in [0.1, 0.15) is 5.60 Å². The van der Waals surface area contributed by atoms with E-state index in [1.807, 2.05) is 6.92 Å². The van der Waals surface area contributed by atoms with Gasteiger partial charge in [-0.15, -0.1) is 0 Å². The van der Waals surface area contributed by atoms with Crippen molar-refractivity contribution in [2.75, 3.05) is 6.54 Å². The third-order valence-electron chi connectivity index (χ3n) is 4.00. The van der Waals surface area contributed by atoms with Crippen LogP contribution in [0.4, 0.5) is 4.79 Å². The number of nitrogens with one attached hydrogen (secondary N) is 1. The van der Waals surface area contributed by atoms with Gasteiger partial charge in [0.05, 0.1) is 5.41 Å². The highest BCUT2D eigenvalue weighted by Gasteiger charge is 2.40. The van der Waals surface area contributed by atoms with Crippen LogP contribution in [0.1, 0.15) is 59.8 Å². The smallest absolute Gasteiger partial charge is 0.407 e. The Balaban J connectivity index is 2.60. The molecule has 0 spiro atoms. The quantitative estimate of drug-likeness (QED) is 0.786. The summed E-state index contributed by atoms with van der Waals surface area (Å²) < 4.78 is 5.16. The van der Waals surface area contributed by atoms with E-state index in [9.17, 15) is 14.7 Å². The summed E-state index contributed by atoms with van der Waals surface area (Å²) in [7, 11) is 0. The van der Waals surface area contributed by atoms with Crippen LogP contribution in [0.25, 0.3) is 0 Å². The molecule has 1 rings (SSSR count). The second-order valence-corrected chi connectivity index (χ2v) is 6.80. The van der Waals surface area contributed by atoms with Gasteiger partial charge in [0.25, 0.3) is 0 Å². The first-order chi connectivity index (χ1) is 9.18. The summed E-state index contributed by atoms with van der Waals surface area (Å²) in [6.07, 6.45) is 3.97. The van der Waals surface area contributed by atoms with Gasteiger partial charge in [-0.1, -0.05) is 26.2 Å². The summed E-state index contributed by atoms with van der Waals surface area (Å²) >= 11 is 0. The van der Waals surface area contributed by atoms with Crippen LogP contribution >= 0.6 is 0 Å². The van der Waals surface area contributed by atoms with Gasteiger partial charge in [-0.25, -0.2) is 4.79 Å². The Kier molecular flexibility index (Phi) is 5.42. The maximum atomic E-state index is 11.7. The third-order valence-corrected chi connectivity index (χ3v) is 4.00. The number of carboxylic acids is 1. The molecule has 1 unspecified atom stereocenters. The summed E-state index contributed by atoms with van der Waals surface area (Å²) in [4.78, 5) is 23.3. The molecule has 0 bridgehead atoms. The summed E-state index contributed by atoms with van der Waals surface area (Å²) in [6, 6.07) is 0. The highest BCUT2D eigenvalue weighted by molar-refractivity contribution is 5.76. The first kappa shape index (κ1) is 16.8. The zero-order valence-electron chi connectivity index (χ0n) is 13.0. The zero-order chi connectivity index (χ0) is 15.4. The van der Waals surface area contributed by atoms with Crippen molar-refractivity contribution in [1.82, 2.24) is 5.32 Å².